The minimum atomic E-state index is -0.354. The lowest BCUT2D eigenvalue weighted by Gasteiger charge is -2.12. The number of anilines is 2. The van der Waals surface area contributed by atoms with E-state index in [1.54, 1.807) is 13.1 Å². The van der Waals surface area contributed by atoms with Crippen molar-refractivity contribution < 1.29 is 9.53 Å². The molecule has 1 fully saturated rings. The number of hydrogen-bond acceptors (Lipinski definition) is 6. The number of aromatic amines is 1. The summed E-state index contributed by atoms with van der Waals surface area (Å²) in [5.74, 6) is 1.09. The zero-order chi connectivity index (χ0) is 20.9. The highest BCUT2D eigenvalue weighted by atomic mass is 16.5. The van der Waals surface area contributed by atoms with Gasteiger partial charge in [0, 0.05) is 42.4 Å². The molecule has 3 aromatic rings. The average molecular weight is 405 g/mol. The van der Waals surface area contributed by atoms with Crippen molar-refractivity contribution in [1.82, 2.24) is 15.0 Å². The summed E-state index contributed by atoms with van der Waals surface area (Å²) >= 11 is 0. The Bertz CT molecular complexity index is 1090. The quantitative estimate of drug-likeness (QED) is 0.582. The highest BCUT2D eigenvalue weighted by molar-refractivity contribution is 5.94. The summed E-state index contributed by atoms with van der Waals surface area (Å²) in [6.45, 7) is 2.97. The first-order valence-electron chi connectivity index (χ1n) is 9.86. The summed E-state index contributed by atoms with van der Waals surface area (Å²) in [7, 11) is 0. The van der Waals surface area contributed by atoms with E-state index < -0.39 is 0 Å². The Hall–Kier alpha value is -3.52. The molecule has 1 aliphatic rings. The summed E-state index contributed by atoms with van der Waals surface area (Å²) in [5.41, 5.74) is 2.96. The highest BCUT2D eigenvalue weighted by Crippen LogP contribution is 2.18. The van der Waals surface area contributed by atoms with Gasteiger partial charge in [-0.15, -0.1) is 0 Å². The van der Waals surface area contributed by atoms with Crippen LogP contribution in [0, 0.1) is 6.92 Å². The fraction of sp³-hybridized carbons (Fsp3) is 0.273. The van der Waals surface area contributed by atoms with Crippen molar-refractivity contribution in [2.24, 2.45) is 0 Å². The zero-order valence-corrected chi connectivity index (χ0v) is 16.6. The van der Waals surface area contributed by atoms with Crippen molar-refractivity contribution in [3.63, 3.8) is 0 Å². The first kappa shape index (κ1) is 19.8. The second kappa shape index (κ2) is 8.87. The molecule has 4 rings (SSSR count). The van der Waals surface area contributed by atoms with Crippen molar-refractivity contribution in [2.75, 3.05) is 17.2 Å². The molecule has 0 bridgehead atoms. The normalized spacial score (nSPS) is 15.7. The maximum absolute atomic E-state index is 12.2. The van der Waals surface area contributed by atoms with Crippen molar-refractivity contribution >= 4 is 17.4 Å². The standard InChI is InChI=1S/C22H23N5O3/c1-14-10-20(28)27-21(25-14)16-7-8-19(24-13-16)23-12-15-4-2-5-17(11-15)26-22(29)18-6-3-9-30-18/h2,4-5,7-8,10-11,13,18H,3,6,9,12H2,1H3,(H,23,24)(H,26,29)(H,25,27,28). The number of aromatic nitrogens is 3. The maximum Gasteiger partial charge on any atom is 0.253 e. The molecule has 3 heterocycles. The predicted molar refractivity (Wildman–Crippen MR) is 114 cm³/mol. The van der Waals surface area contributed by atoms with Gasteiger partial charge in [-0.25, -0.2) is 9.97 Å². The Morgan fingerprint density at radius 2 is 2.17 bits per heavy atom. The van der Waals surface area contributed by atoms with Crippen molar-refractivity contribution in [3.05, 3.63) is 70.3 Å². The van der Waals surface area contributed by atoms with E-state index >= 15 is 0 Å². The number of aryl methyl sites for hydroxylation is 1. The number of hydrogen-bond donors (Lipinski definition) is 3. The molecule has 2 aromatic heterocycles. The van der Waals surface area contributed by atoms with Crippen LogP contribution in [-0.2, 0) is 16.1 Å². The van der Waals surface area contributed by atoms with Gasteiger partial charge in [0.05, 0.1) is 0 Å². The van der Waals surface area contributed by atoms with Gasteiger partial charge in [-0.2, -0.15) is 0 Å². The van der Waals surface area contributed by atoms with Crippen molar-refractivity contribution in [3.8, 4) is 11.4 Å². The van der Waals surface area contributed by atoms with Gasteiger partial charge in [-0.1, -0.05) is 12.1 Å². The Kier molecular flexibility index (Phi) is 5.85. The summed E-state index contributed by atoms with van der Waals surface area (Å²) in [4.78, 5) is 35.3. The summed E-state index contributed by atoms with van der Waals surface area (Å²) in [5, 5.41) is 6.17. The molecule has 1 amide bonds. The number of nitrogens with one attached hydrogen (secondary N) is 3. The minimum absolute atomic E-state index is 0.0994. The average Bonchev–Trinajstić information content (AvgIpc) is 3.27. The first-order chi connectivity index (χ1) is 14.6. The fourth-order valence-corrected chi connectivity index (χ4v) is 3.31. The van der Waals surface area contributed by atoms with E-state index in [1.165, 1.54) is 6.07 Å². The van der Waals surface area contributed by atoms with Gasteiger partial charge in [0.25, 0.3) is 11.5 Å². The molecule has 1 aliphatic heterocycles. The first-order valence-corrected chi connectivity index (χ1v) is 9.86. The smallest absolute Gasteiger partial charge is 0.253 e. The predicted octanol–water partition coefficient (Wildman–Crippen LogP) is 2.87. The molecule has 0 aliphatic carbocycles. The molecule has 1 unspecified atom stereocenters. The molecule has 0 radical (unpaired) electrons. The number of nitrogens with zero attached hydrogens (tertiary/aromatic N) is 2. The molecule has 154 valence electrons. The number of pyridine rings is 1. The van der Waals surface area contributed by atoms with Crippen LogP contribution in [0.2, 0.25) is 0 Å². The Balaban J connectivity index is 1.37. The van der Waals surface area contributed by atoms with Gasteiger partial charge in [0.1, 0.15) is 17.7 Å². The van der Waals surface area contributed by atoms with Crippen LogP contribution in [0.25, 0.3) is 11.4 Å². The summed E-state index contributed by atoms with van der Waals surface area (Å²) < 4.78 is 5.42. The molecule has 1 saturated heterocycles. The third-order valence-corrected chi connectivity index (χ3v) is 4.80. The van der Waals surface area contributed by atoms with Crippen LogP contribution in [0.1, 0.15) is 24.1 Å². The lowest BCUT2D eigenvalue weighted by Crippen LogP contribution is -2.26. The van der Waals surface area contributed by atoms with Crippen LogP contribution in [-0.4, -0.2) is 33.6 Å². The Morgan fingerprint density at radius 1 is 1.27 bits per heavy atom. The maximum atomic E-state index is 12.2. The molecule has 1 atom stereocenters. The molecule has 30 heavy (non-hydrogen) atoms. The van der Waals surface area contributed by atoms with Gasteiger partial charge in [-0.3, -0.25) is 9.59 Å². The second-order valence-electron chi connectivity index (χ2n) is 7.21. The molecule has 8 nitrogen and oxygen atoms in total. The zero-order valence-electron chi connectivity index (χ0n) is 16.6. The van der Waals surface area contributed by atoms with Gasteiger partial charge >= 0.3 is 0 Å². The fourth-order valence-electron chi connectivity index (χ4n) is 3.31. The van der Waals surface area contributed by atoms with Gasteiger partial charge < -0.3 is 20.4 Å². The topological polar surface area (TPSA) is 109 Å². The largest absolute Gasteiger partial charge is 0.368 e. The Labute approximate surface area is 173 Å². The number of carbonyl (C=O) groups is 1. The number of rotatable bonds is 6. The molecule has 1 aromatic carbocycles. The van der Waals surface area contributed by atoms with Crippen LogP contribution in [0.15, 0.2) is 53.5 Å². The highest BCUT2D eigenvalue weighted by Gasteiger charge is 2.23. The van der Waals surface area contributed by atoms with Crippen LogP contribution >= 0.6 is 0 Å². The summed E-state index contributed by atoms with van der Waals surface area (Å²) in [6.07, 6.45) is 3.00. The van der Waals surface area contributed by atoms with E-state index in [0.717, 1.165) is 29.7 Å². The number of amides is 1. The van der Waals surface area contributed by atoms with Gasteiger partial charge in [0.2, 0.25) is 0 Å². The molecule has 8 heteroatoms. The van der Waals surface area contributed by atoms with E-state index in [0.29, 0.717) is 30.5 Å². The SMILES string of the molecule is Cc1cc(=O)[nH]c(-c2ccc(NCc3cccc(NC(=O)C4CCCO4)c3)nc2)n1. The molecular weight excluding hydrogens is 382 g/mol. The van der Waals surface area contributed by atoms with Crippen LogP contribution in [0.3, 0.4) is 0 Å². The van der Waals surface area contributed by atoms with E-state index in [-0.39, 0.29) is 17.6 Å². The number of ether oxygens (including phenoxy) is 1. The van der Waals surface area contributed by atoms with Crippen molar-refractivity contribution in [1.29, 1.82) is 0 Å². The molecule has 0 spiro atoms. The molecule has 0 saturated carbocycles. The number of H-pyrrole nitrogens is 1. The van der Waals surface area contributed by atoms with E-state index in [9.17, 15) is 9.59 Å². The monoisotopic (exact) mass is 405 g/mol. The van der Waals surface area contributed by atoms with Gasteiger partial charge in [-0.05, 0) is 49.6 Å². The third kappa shape index (κ3) is 4.90. The Morgan fingerprint density at radius 3 is 2.90 bits per heavy atom. The minimum Gasteiger partial charge on any atom is -0.368 e. The summed E-state index contributed by atoms with van der Waals surface area (Å²) in [6, 6.07) is 12.8. The van der Waals surface area contributed by atoms with Gasteiger partial charge in [0.15, 0.2) is 0 Å². The van der Waals surface area contributed by atoms with E-state index in [4.69, 9.17) is 4.74 Å². The van der Waals surface area contributed by atoms with Crippen molar-refractivity contribution in [2.45, 2.75) is 32.4 Å². The van der Waals surface area contributed by atoms with Crippen LogP contribution in [0.4, 0.5) is 11.5 Å². The van der Waals surface area contributed by atoms with Crippen LogP contribution in [0.5, 0.6) is 0 Å². The third-order valence-electron chi connectivity index (χ3n) is 4.80. The lowest BCUT2D eigenvalue weighted by molar-refractivity contribution is -0.124. The van der Waals surface area contributed by atoms with E-state index in [1.807, 2.05) is 36.4 Å². The number of carbonyl (C=O) groups excluding carboxylic acids is 1. The lowest BCUT2D eigenvalue weighted by atomic mass is 10.2. The second-order valence-corrected chi connectivity index (χ2v) is 7.21. The van der Waals surface area contributed by atoms with E-state index in [2.05, 4.69) is 25.6 Å². The molecular formula is C22H23N5O3. The number of benzene rings is 1. The van der Waals surface area contributed by atoms with Crippen LogP contribution < -0.4 is 16.2 Å². The molecule has 3 N–H and O–H groups in total.